The van der Waals surface area contributed by atoms with Crippen molar-refractivity contribution in [2.45, 2.75) is 54.6 Å². The van der Waals surface area contributed by atoms with Gasteiger partial charge >= 0.3 is 35.5 Å². The van der Waals surface area contributed by atoms with Gasteiger partial charge in [-0.3, -0.25) is 19.2 Å². The summed E-state index contributed by atoms with van der Waals surface area (Å²) in [5, 5.41) is 26.0. The Kier molecular flexibility index (Phi) is 9.22. The van der Waals surface area contributed by atoms with E-state index in [1.165, 1.54) is 48.0 Å². The molecule has 2 aliphatic rings. The number of phenols is 1. The van der Waals surface area contributed by atoms with Crippen molar-refractivity contribution in [3.63, 3.8) is 0 Å². The van der Waals surface area contributed by atoms with Gasteiger partial charge in [0.25, 0.3) is 0 Å². The van der Waals surface area contributed by atoms with Crippen molar-refractivity contribution < 1.29 is 65.2 Å². The van der Waals surface area contributed by atoms with Crippen LogP contribution in [0.1, 0.15) is 33.3 Å². The molecule has 2 fully saturated rings. The van der Waals surface area contributed by atoms with Crippen molar-refractivity contribution in [1.29, 1.82) is 0 Å². The molecule has 1 aromatic carbocycles. The second-order valence-corrected chi connectivity index (χ2v) is 10.4. The molecule has 2 saturated heterocycles. The van der Waals surface area contributed by atoms with E-state index in [2.05, 4.69) is 16.0 Å². The SMILES string of the molecule is CNC(=O)C[C@@H](N)C(=O)N[C@@H](C(=O)N[C@@H]1C(=O)N2[C@@H]1SC(C)(C)[C@@H]2C(=O)O)c1ccc(O)cc1.[H-].[Na+]. The number of β-lactam (4-membered cyclic amide) rings is 1. The average Bonchev–Trinajstić information content (AvgIpc) is 3.03. The number of aromatic hydroxyl groups is 1. The number of hydrogen-bond acceptors (Lipinski definition) is 8. The summed E-state index contributed by atoms with van der Waals surface area (Å²) < 4.78 is -0.761. The maximum absolute atomic E-state index is 13.2. The number of amides is 4. The van der Waals surface area contributed by atoms with Crippen LogP contribution in [0.15, 0.2) is 24.3 Å². The zero-order valence-electron chi connectivity index (χ0n) is 20.8. The Labute approximate surface area is 229 Å². The molecule has 0 radical (unpaired) electrons. The van der Waals surface area contributed by atoms with E-state index in [9.17, 15) is 34.2 Å². The third-order valence-corrected chi connectivity index (χ3v) is 7.34. The largest absolute Gasteiger partial charge is 1.00 e. The van der Waals surface area contributed by atoms with E-state index in [0.717, 1.165) is 0 Å². The van der Waals surface area contributed by atoms with E-state index >= 15 is 0 Å². The van der Waals surface area contributed by atoms with Crippen molar-refractivity contribution >= 4 is 41.4 Å². The van der Waals surface area contributed by atoms with Gasteiger partial charge < -0.3 is 38.2 Å². The van der Waals surface area contributed by atoms with Gasteiger partial charge in [0.05, 0.1) is 12.5 Å². The minimum Gasteiger partial charge on any atom is -1.00 e. The van der Waals surface area contributed by atoms with E-state index in [1.54, 1.807) is 13.8 Å². The second-order valence-electron chi connectivity index (χ2n) is 8.60. The van der Waals surface area contributed by atoms with Gasteiger partial charge in [0.1, 0.15) is 29.2 Å². The molecule has 0 unspecified atom stereocenters. The van der Waals surface area contributed by atoms with Crippen molar-refractivity contribution in [3.05, 3.63) is 29.8 Å². The number of phenolic OH excluding ortho intramolecular Hbond substituents is 1. The Morgan fingerprint density at radius 3 is 2.34 bits per heavy atom. The maximum atomic E-state index is 13.2. The van der Waals surface area contributed by atoms with Crippen LogP contribution < -0.4 is 51.2 Å². The Balaban J connectivity index is 0.00000324. The fraction of sp³-hybridized carbons (Fsp3) is 0.476. The number of carbonyl (C=O) groups excluding carboxylic acids is 4. The van der Waals surface area contributed by atoms with Crippen LogP contribution >= 0.6 is 11.8 Å². The Hall–Kier alpha value is -2.32. The van der Waals surface area contributed by atoms with E-state index in [4.69, 9.17) is 5.73 Å². The van der Waals surface area contributed by atoms with E-state index in [0.29, 0.717) is 5.56 Å². The Morgan fingerprint density at radius 2 is 1.80 bits per heavy atom. The molecule has 14 heteroatoms. The number of nitrogens with zero attached hydrogens (tertiary/aromatic N) is 1. The van der Waals surface area contributed by atoms with Crippen molar-refractivity contribution in [2.75, 3.05) is 7.05 Å². The molecule has 0 saturated carbocycles. The number of fused-ring (bicyclic) bond motifs is 1. The summed E-state index contributed by atoms with van der Waals surface area (Å²) in [6.07, 6.45) is -0.299. The summed E-state index contributed by atoms with van der Waals surface area (Å²) >= 11 is 1.27. The number of carbonyl (C=O) groups is 5. The van der Waals surface area contributed by atoms with Crippen LogP contribution in [0, 0.1) is 0 Å². The topological polar surface area (TPSA) is 191 Å². The number of aliphatic carboxylic acids is 1. The molecule has 12 nitrogen and oxygen atoms in total. The molecule has 3 rings (SSSR count). The predicted molar refractivity (Wildman–Crippen MR) is 122 cm³/mol. The van der Waals surface area contributed by atoms with Crippen LogP contribution in [0.25, 0.3) is 0 Å². The minimum atomic E-state index is -1.28. The molecule has 35 heavy (non-hydrogen) atoms. The molecule has 2 heterocycles. The van der Waals surface area contributed by atoms with Crippen LogP contribution in [0.3, 0.4) is 0 Å². The maximum Gasteiger partial charge on any atom is 1.00 e. The summed E-state index contributed by atoms with van der Waals surface area (Å²) in [6, 6.07) is 0.997. The number of thioether (sulfide) groups is 1. The normalized spacial score (nSPS) is 23.6. The molecule has 0 aliphatic carbocycles. The Bertz CT molecular complexity index is 1030. The van der Waals surface area contributed by atoms with Gasteiger partial charge in [-0.2, -0.15) is 0 Å². The van der Waals surface area contributed by atoms with Gasteiger partial charge in [-0.15, -0.1) is 11.8 Å². The first-order chi connectivity index (χ1) is 15.9. The quantitative estimate of drug-likeness (QED) is 0.146. The van der Waals surface area contributed by atoms with Crippen LogP contribution in [0.4, 0.5) is 0 Å². The van der Waals surface area contributed by atoms with Crippen molar-refractivity contribution in [2.24, 2.45) is 5.73 Å². The number of benzene rings is 1. The van der Waals surface area contributed by atoms with Gasteiger partial charge in [-0.25, -0.2) is 4.79 Å². The molecule has 0 aromatic heterocycles. The number of carboxylic acids is 1. The smallest absolute Gasteiger partial charge is 1.00 e. The summed E-state index contributed by atoms with van der Waals surface area (Å²) in [5.41, 5.74) is 6.09. The molecular weight excluding hydrogens is 489 g/mol. The van der Waals surface area contributed by atoms with Gasteiger partial charge in [0, 0.05) is 11.8 Å². The molecule has 7 N–H and O–H groups in total. The van der Waals surface area contributed by atoms with E-state index < -0.39 is 63.9 Å². The average molecular weight is 518 g/mol. The zero-order valence-corrected chi connectivity index (χ0v) is 22.6. The van der Waals surface area contributed by atoms with E-state index in [1.807, 2.05) is 0 Å². The fourth-order valence-electron chi connectivity index (χ4n) is 3.99. The van der Waals surface area contributed by atoms with Gasteiger partial charge in [0.15, 0.2) is 0 Å². The zero-order chi connectivity index (χ0) is 25.4. The second kappa shape index (κ2) is 11.2. The summed E-state index contributed by atoms with van der Waals surface area (Å²) in [7, 11) is 1.40. The fourth-order valence-corrected chi connectivity index (χ4v) is 5.62. The number of carboxylic acid groups (broad SMARTS) is 1. The number of nitrogens with one attached hydrogen (secondary N) is 3. The summed E-state index contributed by atoms with van der Waals surface area (Å²) in [5.74, 6) is -3.66. The van der Waals surface area contributed by atoms with Gasteiger partial charge in [-0.05, 0) is 31.5 Å². The third kappa shape index (κ3) is 5.92. The summed E-state index contributed by atoms with van der Waals surface area (Å²) in [6.45, 7) is 3.43. The molecule has 186 valence electrons. The van der Waals surface area contributed by atoms with Crippen molar-refractivity contribution in [1.82, 2.24) is 20.9 Å². The predicted octanol–water partition coefficient (Wildman–Crippen LogP) is -4.24. The standard InChI is InChI=1S/C21H27N5O7S.Na.H/c1-21(2)15(20(32)33)26-18(31)14(19(26)34-21)25-17(30)13(9-4-6-10(27)7-5-9)24-16(29)11(22)8-12(28)23-3;;/h4-7,11,13-15,19,27H,8,22H2,1-3H3,(H,23,28)(H,24,29)(H,25,30)(H,32,33);;/q;+1;-1/t11-,13-,14-,15+,19-;;/m1../s1. The summed E-state index contributed by atoms with van der Waals surface area (Å²) in [4.78, 5) is 62.9. The molecule has 1 aromatic rings. The Morgan fingerprint density at radius 1 is 1.20 bits per heavy atom. The van der Waals surface area contributed by atoms with Crippen LogP contribution in [-0.2, 0) is 24.0 Å². The monoisotopic (exact) mass is 517 g/mol. The first-order valence-corrected chi connectivity index (χ1v) is 11.3. The number of nitrogens with two attached hydrogens (primary N) is 1. The first-order valence-electron chi connectivity index (χ1n) is 10.5. The van der Waals surface area contributed by atoms with Gasteiger partial charge in [-0.1, -0.05) is 12.1 Å². The minimum absolute atomic E-state index is 0. The van der Waals surface area contributed by atoms with Gasteiger partial charge in [0.2, 0.25) is 23.6 Å². The third-order valence-electron chi connectivity index (χ3n) is 5.77. The first kappa shape index (κ1) is 28.9. The van der Waals surface area contributed by atoms with E-state index in [-0.39, 0.29) is 43.2 Å². The van der Waals surface area contributed by atoms with Crippen LogP contribution in [-0.4, -0.2) is 80.0 Å². The number of hydrogen-bond donors (Lipinski definition) is 6. The van der Waals surface area contributed by atoms with Crippen LogP contribution in [0.2, 0.25) is 0 Å². The van der Waals surface area contributed by atoms with Crippen LogP contribution in [0.5, 0.6) is 5.75 Å². The molecular formula is C21H28N5NaO7S. The number of rotatable bonds is 8. The molecule has 2 aliphatic heterocycles. The molecule has 0 bridgehead atoms. The molecule has 5 atom stereocenters. The molecule has 4 amide bonds. The molecule has 0 spiro atoms. The van der Waals surface area contributed by atoms with Crippen molar-refractivity contribution in [3.8, 4) is 5.75 Å².